The first-order valence-electron chi connectivity index (χ1n) is 9.65. The van der Waals surface area contributed by atoms with Crippen molar-refractivity contribution in [1.82, 2.24) is 19.8 Å². The molecule has 7 heteroatoms. The van der Waals surface area contributed by atoms with Crippen LogP contribution in [0.2, 0.25) is 0 Å². The standard InChI is InChI=1S/C21H24N4O2S/c1-14-8-9-15(2)25(14)18-16-6-3-10-23-21(16)28-19(18)20(27)22-11-5-13-24-12-4-7-17(24)26/h3,6,8-10H,4-5,7,11-13H2,1-2H3,(H,22,27). The van der Waals surface area contributed by atoms with Crippen molar-refractivity contribution in [3.05, 3.63) is 46.7 Å². The average Bonchev–Trinajstić information content (AvgIpc) is 3.36. The SMILES string of the molecule is Cc1ccc(C)n1-c1c(C(=O)NCCCN2CCCC2=O)sc2ncccc12. The van der Waals surface area contributed by atoms with E-state index in [1.54, 1.807) is 6.20 Å². The average molecular weight is 397 g/mol. The van der Waals surface area contributed by atoms with Crippen molar-refractivity contribution in [3.63, 3.8) is 0 Å². The number of aromatic nitrogens is 2. The predicted molar refractivity (Wildman–Crippen MR) is 111 cm³/mol. The van der Waals surface area contributed by atoms with Gasteiger partial charge in [0.1, 0.15) is 9.71 Å². The number of nitrogens with zero attached hydrogens (tertiary/aromatic N) is 3. The molecule has 0 radical (unpaired) electrons. The molecule has 1 N–H and O–H groups in total. The molecule has 0 aliphatic carbocycles. The summed E-state index contributed by atoms with van der Waals surface area (Å²) >= 11 is 1.42. The van der Waals surface area contributed by atoms with Crippen LogP contribution in [0.1, 0.15) is 40.3 Å². The summed E-state index contributed by atoms with van der Waals surface area (Å²) in [5.74, 6) is 0.140. The molecule has 0 unspecified atom stereocenters. The first-order valence-corrected chi connectivity index (χ1v) is 10.5. The van der Waals surface area contributed by atoms with E-state index in [4.69, 9.17) is 0 Å². The number of amides is 2. The summed E-state index contributed by atoms with van der Waals surface area (Å²) in [4.78, 5) is 32.6. The molecule has 4 heterocycles. The van der Waals surface area contributed by atoms with E-state index >= 15 is 0 Å². The number of aryl methyl sites for hydroxylation is 2. The van der Waals surface area contributed by atoms with Gasteiger partial charge in [-0.3, -0.25) is 9.59 Å². The molecule has 1 fully saturated rings. The number of hydrogen-bond donors (Lipinski definition) is 1. The number of carbonyl (C=O) groups excluding carboxylic acids is 2. The molecule has 28 heavy (non-hydrogen) atoms. The zero-order valence-electron chi connectivity index (χ0n) is 16.2. The van der Waals surface area contributed by atoms with Crippen LogP contribution >= 0.6 is 11.3 Å². The van der Waals surface area contributed by atoms with Gasteiger partial charge in [0.15, 0.2) is 0 Å². The summed E-state index contributed by atoms with van der Waals surface area (Å²) in [6.45, 7) is 6.18. The largest absolute Gasteiger partial charge is 0.351 e. The fourth-order valence-electron chi connectivity index (χ4n) is 3.81. The van der Waals surface area contributed by atoms with Crippen LogP contribution in [-0.4, -0.2) is 45.9 Å². The van der Waals surface area contributed by atoms with E-state index in [1.165, 1.54) is 11.3 Å². The summed E-state index contributed by atoms with van der Waals surface area (Å²) in [6.07, 6.45) is 4.11. The van der Waals surface area contributed by atoms with Crippen LogP contribution in [0, 0.1) is 13.8 Å². The van der Waals surface area contributed by atoms with E-state index in [2.05, 4.69) is 27.0 Å². The van der Waals surface area contributed by atoms with E-state index in [-0.39, 0.29) is 11.8 Å². The second-order valence-electron chi connectivity index (χ2n) is 7.18. The van der Waals surface area contributed by atoms with Crippen molar-refractivity contribution in [2.75, 3.05) is 19.6 Å². The van der Waals surface area contributed by atoms with Crippen molar-refractivity contribution in [2.24, 2.45) is 0 Å². The number of thiophene rings is 1. The summed E-state index contributed by atoms with van der Waals surface area (Å²) in [6, 6.07) is 8.04. The van der Waals surface area contributed by atoms with E-state index < -0.39 is 0 Å². The Labute approximate surface area is 168 Å². The van der Waals surface area contributed by atoms with Crippen LogP contribution in [0.25, 0.3) is 15.9 Å². The fourth-order valence-corrected chi connectivity index (χ4v) is 4.85. The Hall–Kier alpha value is -2.67. The molecule has 4 rings (SSSR count). The summed E-state index contributed by atoms with van der Waals surface area (Å²) < 4.78 is 2.12. The third-order valence-electron chi connectivity index (χ3n) is 5.20. The Morgan fingerprint density at radius 3 is 2.75 bits per heavy atom. The summed E-state index contributed by atoms with van der Waals surface area (Å²) in [5.41, 5.74) is 3.07. The van der Waals surface area contributed by atoms with Crippen molar-refractivity contribution >= 4 is 33.4 Å². The van der Waals surface area contributed by atoms with Gasteiger partial charge >= 0.3 is 0 Å². The number of likely N-dealkylation sites (tertiary alicyclic amines) is 1. The van der Waals surface area contributed by atoms with Gasteiger partial charge in [-0.1, -0.05) is 0 Å². The molecule has 2 amide bonds. The summed E-state index contributed by atoms with van der Waals surface area (Å²) in [7, 11) is 0. The number of hydrogen-bond acceptors (Lipinski definition) is 4. The topological polar surface area (TPSA) is 67.2 Å². The van der Waals surface area contributed by atoms with Crippen LogP contribution in [0.4, 0.5) is 0 Å². The van der Waals surface area contributed by atoms with E-state index in [0.29, 0.717) is 24.4 Å². The van der Waals surface area contributed by atoms with E-state index in [9.17, 15) is 9.59 Å². The molecule has 1 aliphatic rings. The van der Waals surface area contributed by atoms with Crippen LogP contribution in [0.3, 0.4) is 0 Å². The van der Waals surface area contributed by atoms with Crippen molar-refractivity contribution in [2.45, 2.75) is 33.1 Å². The van der Waals surface area contributed by atoms with E-state index in [1.807, 2.05) is 30.9 Å². The second-order valence-corrected chi connectivity index (χ2v) is 8.18. The lowest BCUT2D eigenvalue weighted by Crippen LogP contribution is -2.30. The van der Waals surface area contributed by atoms with Gasteiger partial charge < -0.3 is 14.8 Å². The third-order valence-corrected chi connectivity index (χ3v) is 6.30. The van der Waals surface area contributed by atoms with Crippen molar-refractivity contribution in [1.29, 1.82) is 0 Å². The molecule has 1 aliphatic heterocycles. The minimum atomic E-state index is -0.0850. The molecule has 3 aromatic heterocycles. The van der Waals surface area contributed by atoms with Gasteiger partial charge in [-0.2, -0.15) is 0 Å². The molecule has 1 saturated heterocycles. The minimum Gasteiger partial charge on any atom is -0.351 e. The van der Waals surface area contributed by atoms with Crippen molar-refractivity contribution < 1.29 is 9.59 Å². The number of fused-ring (bicyclic) bond motifs is 1. The molecule has 0 bridgehead atoms. The van der Waals surface area contributed by atoms with Gasteiger partial charge in [-0.05, 0) is 51.0 Å². The lowest BCUT2D eigenvalue weighted by atomic mass is 10.2. The Balaban J connectivity index is 1.55. The molecule has 3 aromatic rings. The Bertz CT molecular complexity index is 1020. The molecule has 146 valence electrons. The Morgan fingerprint density at radius 2 is 2.04 bits per heavy atom. The van der Waals surface area contributed by atoms with Gasteiger partial charge in [0, 0.05) is 49.0 Å². The Morgan fingerprint density at radius 1 is 1.25 bits per heavy atom. The van der Waals surface area contributed by atoms with Crippen LogP contribution < -0.4 is 5.32 Å². The smallest absolute Gasteiger partial charge is 0.263 e. The van der Waals surface area contributed by atoms with Gasteiger partial charge in [0.2, 0.25) is 5.91 Å². The minimum absolute atomic E-state index is 0.0850. The lowest BCUT2D eigenvalue weighted by molar-refractivity contribution is -0.127. The van der Waals surface area contributed by atoms with Gasteiger partial charge in [-0.15, -0.1) is 11.3 Å². The van der Waals surface area contributed by atoms with Crippen LogP contribution in [-0.2, 0) is 4.79 Å². The molecule has 0 aromatic carbocycles. The van der Waals surface area contributed by atoms with Gasteiger partial charge in [0.05, 0.1) is 5.69 Å². The monoisotopic (exact) mass is 396 g/mol. The van der Waals surface area contributed by atoms with E-state index in [0.717, 1.165) is 46.7 Å². The zero-order chi connectivity index (χ0) is 19.7. The van der Waals surface area contributed by atoms with Crippen molar-refractivity contribution in [3.8, 4) is 5.69 Å². The summed E-state index contributed by atoms with van der Waals surface area (Å²) in [5, 5.41) is 4.02. The first-order chi connectivity index (χ1) is 13.6. The van der Waals surface area contributed by atoms with Crippen LogP contribution in [0.5, 0.6) is 0 Å². The molecular formula is C21H24N4O2S. The molecule has 0 saturated carbocycles. The Kier molecular flexibility index (Phi) is 5.17. The highest BCUT2D eigenvalue weighted by atomic mass is 32.1. The quantitative estimate of drug-likeness (QED) is 0.649. The first kappa shape index (κ1) is 18.7. The number of pyridine rings is 1. The van der Waals surface area contributed by atoms with Gasteiger partial charge in [-0.25, -0.2) is 4.98 Å². The highest BCUT2D eigenvalue weighted by Crippen LogP contribution is 2.34. The number of rotatable bonds is 6. The second kappa shape index (κ2) is 7.75. The lowest BCUT2D eigenvalue weighted by Gasteiger charge is -2.15. The molecule has 0 spiro atoms. The highest BCUT2D eigenvalue weighted by Gasteiger charge is 2.23. The normalized spacial score (nSPS) is 14.2. The maximum absolute atomic E-state index is 13.0. The molecule has 6 nitrogen and oxygen atoms in total. The number of carbonyl (C=O) groups is 2. The molecule has 0 atom stereocenters. The highest BCUT2D eigenvalue weighted by molar-refractivity contribution is 7.21. The predicted octanol–water partition coefficient (Wildman–Crippen LogP) is 3.45. The number of nitrogens with one attached hydrogen (secondary N) is 1. The maximum Gasteiger partial charge on any atom is 0.263 e. The third kappa shape index (κ3) is 3.42. The zero-order valence-corrected chi connectivity index (χ0v) is 17.0. The maximum atomic E-state index is 13.0. The van der Waals surface area contributed by atoms with Gasteiger partial charge in [0.25, 0.3) is 5.91 Å². The van der Waals surface area contributed by atoms with Crippen LogP contribution in [0.15, 0.2) is 30.5 Å². The fraction of sp³-hybridized carbons (Fsp3) is 0.381. The molecular weight excluding hydrogens is 372 g/mol.